The molecule has 0 heterocycles. The molecule has 1 atom stereocenters. The lowest BCUT2D eigenvalue weighted by Crippen LogP contribution is -2.35. The first-order valence-corrected chi connectivity index (χ1v) is 9.23. The number of hydrogen-bond acceptors (Lipinski definition) is 5. The molecule has 6 nitrogen and oxygen atoms in total. The second-order valence-electron chi connectivity index (χ2n) is 6.50. The van der Waals surface area contributed by atoms with Crippen molar-refractivity contribution in [3.63, 3.8) is 0 Å². The summed E-state index contributed by atoms with van der Waals surface area (Å²) < 4.78 is 11.4. The van der Waals surface area contributed by atoms with Crippen molar-refractivity contribution in [3.05, 3.63) is 65.2 Å². The van der Waals surface area contributed by atoms with E-state index in [1.807, 2.05) is 19.1 Å². The first kappa shape index (κ1) is 21.7. The van der Waals surface area contributed by atoms with E-state index in [-0.39, 0.29) is 17.3 Å². The zero-order valence-corrected chi connectivity index (χ0v) is 17.0. The summed E-state index contributed by atoms with van der Waals surface area (Å²) in [5.74, 6) is 0.330. The molecule has 0 fully saturated rings. The highest BCUT2D eigenvalue weighted by atomic mass is 16.5. The van der Waals surface area contributed by atoms with Gasteiger partial charge in [-0.2, -0.15) is 5.26 Å². The monoisotopic (exact) mass is 392 g/mol. The minimum absolute atomic E-state index is 0.0171. The van der Waals surface area contributed by atoms with Crippen LogP contribution >= 0.6 is 0 Å². The molecular formula is C23H24N2O4. The number of rotatable bonds is 8. The fourth-order valence-electron chi connectivity index (χ4n) is 2.64. The van der Waals surface area contributed by atoms with E-state index in [0.29, 0.717) is 29.2 Å². The van der Waals surface area contributed by atoms with Crippen molar-refractivity contribution < 1.29 is 19.1 Å². The van der Waals surface area contributed by atoms with Crippen molar-refractivity contribution in [1.29, 1.82) is 5.26 Å². The Kier molecular flexibility index (Phi) is 7.55. The molecule has 2 rings (SSSR count). The van der Waals surface area contributed by atoms with E-state index in [0.717, 1.165) is 0 Å². The van der Waals surface area contributed by atoms with Gasteiger partial charge in [0.1, 0.15) is 11.6 Å². The molecule has 0 aromatic heterocycles. The highest BCUT2D eigenvalue weighted by molar-refractivity contribution is 6.14. The summed E-state index contributed by atoms with van der Waals surface area (Å²) in [6, 6.07) is 15.7. The van der Waals surface area contributed by atoms with E-state index in [2.05, 4.69) is 0 Å². The van der Waals surface area contributed by atoms with Crippen LogP contribution in [-0.4, -0.2) is 43.4 Å². The van der Waals surface area contributed by atoms with Crippen LogP contribution in [0.4, 0.5) is 0 Å². The topological polar surface area (TPSA) is 79.6 Å². The smallest absolute Gasteiger partial charge is 0.262 e. The number of carbonyl (C=O) groups is 2. The van der Waals surface area contributed by atoms with Crippen LogP contribution in [0.5, 0.6) is 11.5 Å². The van der Waals surface area contributed by atoms with Gasteiger partial charge in [-0.15, -0.1) is 0 Å². The second kappa shape index (κ2) is 10.1. The number of likely N-dealkylation sites (N-methyl/N-ethyl adjacent to an activating group) is 1. The van der Waals surface area contributed by atoms with Gasteiger partial charge in [0.25, 0.3) is 5.91 Å². The molecule has 0 aliphatic rings. The number of allylic oxidation sites excluding steroid dienone is 1. The van der Waals surface area contributed by atoms with Gasteiger partial charge >= 0.3 is 0 Å². The lowest BCUT2D eigenvalue weighted by Gasteiger charge is -2.20. The van der Waals surface area contributed by atoms with Crippen LogP contribution in [0.25, 0.3) is 6.08 Å². The maximum Gasteiger partial charge on any atom is 0.262 e. The molecule has 0 radical (unpaired) electrons. The molecular weight excluding hydrogens is 368 g/mol. The van der Waals surface area contributed by atoms with E-state index in [4.69, 9.17) is 9.47 Å². The second-order valence-corrected chi connectivity index (χ2v) is 6.50. The first-order chi connectivity index (χ1) is 13.9. The SMILES string of the molecule is CCOc1cc(/C=C(\C#N)C(=O)c2ccccc2)ccc1O[C@H](C)C(=O)N(C)C. The standard InChI is InChI=1S/C23H24N2O4/c1-5-28-21-14-17(11-12-20(21)29-16(2)23(27)25(3)4)13-19(15-24)22(26)18-9-7-6-8-10-18/h6-14,16H,5H2,1-4H3/b19-13+/t16-/m1/s1. The van der Waals surface area contributed by atoms with Crippen molar-refractivity contribution >= 4 is 17.8 Å². The number of ketones is 1. The van der Waals surface area contributed by atoms with Crippen LogP contribution < -0.4 is 9.47 Å². The largest absolute Gasteiger partial charge is 0.490 e. The van der Waals surface area contributed by atoms with Crippen molar-refractivity contribution in [2.45, 2.75) is 20.0 Å². The maximum atomic E-state index is 12.6. The van der Waals surface area contributed by atoms with Crippen molar-refractivity contribution in [2.24, 2.45) is 0 Å². The quantitative estimate of drug-likeness (QED) is 0.388. The third-order valence-corrected chi connectivity index (χ3v) is 4.07. The zero-order chi connectivity index (χ0) is 21.4. The van der Waals surface area contributed by atoms with Gasteiger partial charge in [0.15, 0.2) is 17.6 Å². The summed E-state index contributed by atoms with van der Waals surface area (Å²) in [5.41, 5.74) is 1.08. The minimum atomic E-state index is -0.681. The van der Waals surface area contributed by atoms with E-state index in [1.165, 1.54) is 11.0 Å². The number of ether oxygens (including phenoxy) is 2. The molecule has 0 aliphatic carbocycles. The van der Waals surface area contributed by atoms with Gasteiger partial charge in [-0.1, -0.05) is 36.4 Å². The number of carbonyl (C=O) groups excluding carboxylic acids is 2. The van der Waals surface area contributed by atoms with Crippen molar-refractivity contribution in [2.75, 3.05) is 20.7 Å². The number of amides is 1. The molecule has 0 saturated heterocycles. The normalized spacial score (nSPS) is 11.9. The van der Waals surface area contributed by atoms with Crippen molar-refractivity contribution in [3.8, 4) is 17.6 Å². The van der Waals surface area contributed by atoms with Gasteiger partial charge < -0.3 is 14.4 Å². The number of Topliss-reactive ketones (excluding diaryl/α,β-unsaturated/α-hetero) is 1. The Bertz CT molecular complexity index is 943. The number of nitrogens with zero attached hydrogens (tertiary/aromatic N) is 2. The number of hydrogen-bond donors (Lipinski definition) is 0. The Morgan fingerprint density at radius 3 is 2.41 bits per heavy atom. The molecule has 150 valence electrons. The van der Waals surface area contributed by atoms with Gasteiger partial charge in [-0.25, -0.2) is 0 Å². The lowest BCUT2D eigenvalue weighted by atomic mass is 10.0. The number of benzene rings is 2. The van der Waals surface area contributed by atoms with Crippen LogP contribution in [0.1, 0.15) is 29.8 Å². The first-order valence-electron chi connectivity index (χ1n) is 9.23. The fourth-order valence-corrected chi connectivity index (χ4v) is 2.64. The summed E-state index contributed by atoms with van der Waals surface area (Å²) in [6.07, 6.45) is 0.829. The van der Waals surface area contributed by atoms with Crippen LogP contribution in [-0.2, 0) is 4.79 Å². The van der Waals surface area contributed by atoms with Crippen LogP contribution in [0, 0.1) is 11.3 Å². The van der Waals surface area contributed by atoms with Gasteiger partial charge in [-0.05, 0) is 37.6 Å². The molecule has 2 aromatic carbocycles. The Labute approximate surface area is 171 Å². The van der Waals surface area contributed by atoms with E-state index < -0.39 is 6.10 Å². The molecule has 0 saturated carbocycles. The molecule has 2 aromatic rings. The molecule has 0 unspecified atom stereocenters. The highest BCUT2D eigenvalue weighted by Gasteiger charge is 2.19. The average molecular weight is 392 g/mol. The molecule has 1 amide bonds. The third-order valence-electron chi connectivity index (χ3n) is 4.07. The maximum absolute atomic E-state index is 12.6. The van der Waals surface area contributed by atoms with Crippen LogP contribution in [0.3, 0.4) is 0 Å². The Balaban J connectivity index is 2.33. The van der Waals surface area contributed by atoms with Gasteiger partial charge in [0.05, 0.1) is 6.61 Å². The summed E-state index contributed by atoms with van der Waals surface area (Å²) >= 11 is 0. The van der Waals surface area contributed by atoms with Gasteiger partial charge in [0, 0.05) is 19.7 Å². The third kappa shape index (κ3) is 5.69. The predicted molar refractivity (Wildman–Crippen MR) is 111 cm³/mol. The molecule has 0 bridgehead atoms. The van der Waals surface area contributed by atoms with Crippen LogP contribution in [0.2, 0.25) is 0 Å². The van der Waals surface area contributed by atoms with E-state index in [1.54, 1.807) is 63.5 Å². The minimum Gasteiger partial charge on any atom is -0.490 e. The Morgan fingerprint density at radius 1 is 1.14 bits per heavy atom. The molecule has 0 aliphatic heterocycles. The Morgan fingerprint density at radius 2 is 1.83 bits per heavy atom. The van der Waals surface area contributed by atoms with E-state index >= 15 is 0 Å². The molecule has 29 heavy (non-hydrogen) atoms. The summed E-state index contributed by atoms with van der Waals surface area (Å²) in [5, 5.41) is 9.44. The predicted octanol–water partition coefficient (Wildman–Crippen LogP) is 3.73. The lowest BCUT2D eigenvalue weighted by molar-refractivity contribution is -0.135. The van der Waals surface area contributed by atoms with Gasteiger partial charge in [0.2, 0.25) is 5.78 Å². The molecule has 0 spiro atoms. The molecule has 0 N–H and O–H groups in total. The average Bonchev–Trinajstić information content (AvgIpc) is 2.73. The van der Waals surface area contributed by atoms with Crippen molar-refractivity contribution in [1.82, 2.24) is 4.90 Å². The summed E-state index contributed by atoms with van der Waals surface area (Å²) in [4.78, 5) is 26.1. The molecule has 6 heteroatoms. The van der Waals surface area contributed by atoms with Gasteiger partial charge in [-0.3, -0.25) is 9.59 Å². The highest BCUT2D eigenvalue weighted by Crippen LogP contribution is 2.30. The summed E-state index contributed by atoms with van der Waals surface area (Å²) in [6.45, 7) is 3.89. The van der Waals surface area contributed by atoms with E-state index in [9.17, 15) is 14.9 Å². The van der Waals surface area contributed by atoms with Crippen LogP contribution in [0.15, 0.2) is 54.1 Å². The number of nitriles is 1. The zero-order valence-electron chi connectivity index (χ0n) is 17.0. The summed E-state index contributed by atoms with van der Waals surface area (Å²) in [7, 11) is 3.32. The fraction of sp³-hybridized carbons (Fsp3) is 0.261. The Hall–Kier alpha value is -3.59.